The predicted octanol–water partition coefficient (Wildman–Crippen LogP) is 4.42. The van der Waals surface area contributed by atoms with E-state index in [0.29, 0.717) is 0 Å². The predicted molar refractivity (Wildman–Crippen MR) is 178 cm³/mol. The fourth-order valence-corrected chi connectivity index (χ4v) is 7.06. The third-order valence-corrected chi connectivity index (χ3v) is 9.86. The summed E-state index contributed by atoms with van der Waals surface area (Å²) >= 11 is 1.46. The van der Waals surface area contributed by atoms with Crippen LogP contribution in [0.2, 0.25) is 0 Å². The zero-order chi connectivity index (χ0) is 30.2. The van der Waals surface area contributed by atoms with Crippen molar-refractivity contribution in [2.24, 2.45) is 0 Å². The number of halogens is 2. The van der Waals surface area contributed by atoms with Gasteiger partial charge in [0.15, 0.2) is 0 Å². The third kappa shape index (κ3) is 7.55. The average Bonchev–Trinajstić information content (AvgIpc) is 3.61. The quantitative estimate of drug-likeness (QED) is 0.245. The van der Waals surface area contributed by atoms with Crippen LogP contribution in [0.1, 0.15) is 98.0 Å². The van der Waals surface area contributed by atoms with E-state index in [0.717, 1.165) is 12.8 Å². The van der Waals surface area contributed by atoms with Crippen molar-refractivity contribution in [3.05, 3.63) is 147 Å². The molecule has 226 valence electrons. The minimum atomic E-state index is 0. The normalized spacial score (nSPS) is 13.1. The Hall–Kier alpha value is -2.31. The molecule has 0 nitrogen and oxygen atoms in total. The van der Waals surface area contributed by atoms with Crippen molar-refractivity contribution in [2.75, 3.05) is 0 Å². The molecule has 0 spiro atoms. The first-order chi connectivity index (χ1) is 19.9. The zero-order valence-electron chi connectivity index (χ0n) is 27.3. The summed E-state index contributed by atoms with van der Waals surface area (Å²) < 4.78 is 1.42. The monoisotopic (exact) mass is 695 g/mol. The Balaban J connectivity index is 0.000000280. The Morgan fingerprint density at radius 2 is 1.30 bits per heavy atom. The van der Waals surface area contributed by atoms with Crippen LogP contribution in [-0.4, -0.2) is 3.21 Å². The molecule has 2 aliphatic carbocycles. The van der Waals surface area contributed by atoms with Crippen LogP contribution in [0.15, 0.2) is 91.0 Å². The van der Waals surface area contributed by atoms with Crippen LogP contribution in [0.4, 0.5) is 0 Å². The van der Waals surface area contributed by atoms with Gasteiger partial charge in [-0.05, 0) is 41.7 Å². The van der Waals surface area contributed by atoms with Gasteiger partial charge >= 0.3 is 99.2 Å². The maximum absolute atomic E-state index is 3.91. The molecule has 0 saturated carbocycles. The van der Waals surface area contributed by atoms with Crippen molar-refractivity contribution in [1.82, 2.24) is 0 Å². The molecule has 0 N–H and O–H groups in total. The van der Waals surface area contributed by atoms with Crippen LogP contribution in [0, 0.1) is 19.9 Å². The molecule has 0 amide bonds. The molecule has 0 bridgehead atoms. The first-order valence-electron chi connectivity index (χ1n) is 15.2. The summed E-state index contributed by atoms with van der Waals surface area (Å²) in [5.41, 5.74) is 17.2. The van der Waals surface area contributed by atoms with E-state index in [9.17, 15) is 0 Å². The van der Waals surface area contributed by atoms with Crippen molar-refractivity contribution >= 4 is 8.78 Å². The van der Waals surface area contributed by atoms with Crippen molar-refractivity contribution in [2.45, 2.75) is 79.1 Å². The molecule has 6 rings (SSSR count). The summed E-state index contributed by atoms with van der Waals surface area (Å²) in [6, 6.07) is 29.9. The molecule has 0 saturated heterocycles. The topological polar surface area (TPSA) is 0 Å². The molecule has 2 aliphatic rings. The molecule has 4 aromatic carbocycles. The Morgan fingerprint density at radius 1 is 0.727 bits per heavy atom. The van der Waals surface area contributed by atoms with Crippen molar-refractivity contribution in [3.8, 4) is 11.1 Å². The molecule has 0 radical (unpaired) electrons. The van der Waals surface area contributed by atoms with E-state index >= 15 is 0 Å². The van der Waals surface area contributed by atoms with E-state index in [1.165, 1.54) is 94.2 Å². The number of aryl methyl sites for hydroxylation is 1. The number of allylic oxidation sites excluding steroid dienone is 4. The summed E-state index contributed by atoms with van der Waals surface area (Å²) in [4.78, 5) is 0. The second kappa shape index (κ2) is 14.4. The van der Waals surface area contributed by atoms with Gasteiger partial charge in [0, 0.05) is 0 Å². The van der Waals surface area contributed by atoms with Crippen LogP contribution < -0.4 is 24.8 Å². The maximum atomic E-state index is 3.91. The fraction of sp³-hybridized carbons (Fsp3) is 0.293. The van der Waals surface area contributed by atoms with Gasteiger partial charge in [0.25, 0.3) is 0 Å². The van der Waals surface area contributed by atoms with Gasteiger partial charge in [-0.25, -0.2) is 0 Å². The van der Waals surface area contributed by atoms with Crippen molar-refractivity contribution in [3.63, 3.8) is 0 Å². The summed E-state index contributed by atoms with van der Waals surface area (Å²) in [7, 11) is 0. The number of rotatable bonds is 3. The van der Waals surface area contributed by atoms with Crippen LogP contribution in [0.5, 0.6) is 0 Å². The Kier molecular flexibility index (Phi) is 11.8. The summed E-state index contributed by atoms with van der Waals surface area (Å²) in [5, 5.41) is 0. The number of benzene rings is 4. The standard InChI is InChI=1S/C28H33.C13H10.2ClH.Zr/c1-17-13-22(27(3,4)5)15-20-14-21-16-23(28(6,7)8)25(19-11-9-10-12-19)18(2)26(21)24(17)20;1-3-7-12(8-4-1)11-13-9-5-2-6-10-13;;;/h9-11,13,15H,12,14H2,1-8H3;1-10H;2*1H;/q-1;;;;+2/p-2. The van der Waals surface area contributed by atoms with Gasteiger partial charge in [0.2, 0.25) is 0 Å². The van der Waals surface area contributed by atoms with Gasteiger partial charge in [-0.15, -0.1) is 27.8 Å². The van der Waals surface area contributed by atoms with Crippen LogP contribution >= 0.6 is 0 Å². The number of hydrogen-bond acceptors (Lipinski definition) is 0. The van der Waals surface area contributed by atoms with Crippen LogP contribution in [0.25, 0.3) is 16.7 Å². The molecule has 0 fully saturated rings. The second-order valence-electron chi connectivity index (χ2n) is 13.8. The number of fused-ring (bicyclic) bond motifs is 3. The molecular formula is C41H43Cl2Zr-. The average molecular weight is 698 g/mol. The van der Waals surface area contributed by atoms with E-state index in [4.69, 9.17) is 0 Å². The van der Waals surface area contributed by atoms with E-state index < -0.39 is 0 Å². The van der Waals surface area contributed by atoms with Gasteiger partial charge in [-0.3, -0.25) is 0 Å². The van der Waals surface area contributed by atoms with Gasteiger partial charge in [-0.1, -0.05) is 95.5 Å². The van der Waals surface area contributed by atoms with Crippen LogP contribution in [0.3, 0.4) is 0 Å². The van der Waals surface area contributed by atoms with Crippen molar-refractivity contribution in [1.29, 1.82) is 0 Å². The zero-order valence-corrected chi connectivity index (χ0v) is 31.3. The molecular weight excluding hydrogens is 655 g/mol. The van der Waals surface area contributed by atoms with Gasteiger partial charge < -0.3 is 24.8 Å². The van der Waals surface area contributed by atoms with E-state index in [1.54, 1.807) is 0 Å². The summed E-state index contributed by atoms with van der Waals surface area (Å²) in [6.07, 6.45) is 8.80. The first-order valence-corrected chi connectivity index (χ1v) is 16.4. The molecule has 4 aromatic rings. The van der Waals surface area contributed by atoms with E-state index in [-0.39, 0.29) is 35.6 Å². The molecule has 0 aliphatic heterocycles. The Morgan fingerprint density at radius 3 is 1.77 bits per heavy atom. The van der Waals surface area contributed by atoms with Gasteiger partial charge in [0.05, 0.1) is 0 Å². The molecule has 44 heavy (non-hydrogen) atoms. The Labute approximate surface area is 293 Å². The first kappa shape index (κ1) is 36.2. The number of hydrogen-bond donors (Lipinski definition) is 0. The fourth-order valence-electron chi connectivity index (χ4n) is 6.24. The SMILES string of the molecule is Cc1cc(C(C)(C)C)cc2c1-c1c([c-]c(C(C)(C)C)c(C3=CC=CC3)c1C)C2.[Cl-].[Cl-].[Zr+2]=[C](c1ccccc1)c1ccccc1. The molecule has 0 aromatic heterocycles. The summed E-state index contributed by atoms with van der Waals surface area (Å²) in [5.74, 6) is 0. The van der Waals surface area contributed by atoms with E-state index in [1.807, 2.05) is 0 Å². The molecule has 0 atom stereocenters. The van der Waals surface area contributed by atoms with Crippen LogP contribution in [-0.2, 0) is 41.5 Å². The van der Waals surface area contributed by atoms with Crippen molar-refractivity contribution < 1.29 is 49.0 Å². The molecule has 3 heteroatoms. The molecule has 0 heterocycles. The Bertz CT molecular complexity index is 1650. The minimum absolute atomic E-state index is 0. The van der Waals surface area contributed by atoms with Gasteiger partial charge in [-0.2, -0.15) is 6.07 Å². The second-order valence-corrected chi connectivity index (χ2v) is 15.0. The molecule has 0 unspecified atom stereocenters. The van der Waals surface area contributed by atoms with E-state index in [2.05, 4.69) is 152 Å². The third-order valence-electron chi connectivity index (χ3n) is 8.45. The van der Waals surface area contributed by atoms with Gasteiger partial charge in [0.1, 0.15) is 0 Å². The summed E-state index contributed by atoms with van der Waals surface area (Å²) in [6.45, 7) is 18.5.